The quantitative estimate of drug-likeness (QED) is 0.347. The Kier molecular flexibility index (Phi) is 9.24. The van der Waals surface area contributed by atoms with Crippen LogP contribution in [0.1, 0.15) is 24.4 Å². The molecule has 0 amide bonds. The molecule has 0 spiro atoms. The first-order valence-electron chi connectivity index (χ1n) is 7.59. The SMILES string of the molecule is CCNC(=NCc1ccco1)NCC(O)c1ccc(OC)cc1.I. The van der Waals surface area contributed by atoms with Gasteiger partial charge in [0.25, 0.3) is 0 Å². The highest BCUT2D eigenvalue weighted by molar-refractivity contribution is 14.0. The zero-order valence-corrected chi connectivity index (χ0v) is 16.2. The van der Waals surface area contributed by atoms with Crippen molar-refractivity contribution in [3.05, 3.63) is 54.0 Å². The highest BCUT2D eigenvalue weighted by Gasteiger charge is 2.08. The molecule has 3 N–H and O–H groups in total. The van der Waals surface area contributed by atoms with Gasteiger partial charge >= 0.3 is 0 Å². The fraction of sp³-hybridized carbons (Fsp3) is 0.353. The van der Waals surface area contributed by atoms with Gasteiger partial charge in [-0.05, 0) is 36.8 Å². The molecule has 7 heteroatoms. The number of halogens is 1. The molecule has 0 saturated heterocycles. The summed E-state index contributed by atoms with van der Waals surface area (Å²) in [6, 6.07) is 11.1. The third-order valence-electron chi connectivity index (χ3n) is 3.28. The summed E-state index contributed by atoms with van der Waals surface area (Å²) in [5.74, 6) is 2.19. The van der Waals surface area contributed by atoms with Crippen LogP contribution in [-0.2, 0) is 6.54 Å². The van der Waals surface area contributed by atoms with Crippen molar-refractivity contribution in [3.8, 4) is 5.75 Å². The van der Waals surface area contributed by atoms with Crippen LogP contribution in [0.3, 0.4) is 0 Å². The number of aliphatic hydroxyl groups is 1. The van der Waals surface area contributed by atoms with Crippen LogP contribution < -0.4 is 15.4 Å². The molecule has 0 aliphatic carbocycles. The smallest absolute Gasteiger partial charge is 0.191 e. The lowest BCUT2D eigenvalue weighted by Crippen LogP contribution is -2.39. The van der Waals surface area contributed by atoms with Gasteiger partial charge in [0.1, 0.15) is 18.1 Å². The molecular formula is C17H24IN3O3. The summed E-state index contributed by atoms with van der Waals surface area (Å²) in [4.78, 5) is 4.42. The van der Waals surface area contributed by atoms with E-state index in [1.165, 1.54) is 0 Å². The van der Waals surface area contributed by atoms with Gasteiger partial charge in [0.05, 0.1) is 19.5 Å². The maximum Gasteiger partial charge on any atom is 0.191 e. The number of nitrogens with zero attached hydrogens (tertiary/aromatic N) is 1. The van der Waals surface area contributed by atoms with E-state index < -0.39 is 6.10 Å². The lowest BCUT2D eigenvalue weighted by molar-refractivity contribution is 0.180. The van der Waals surface area contributed by atoms with E-state index in [9.17, 15) is 5.11 Å². The lowest BCUT2D eigenvalue weighted by atomic mass is 10.1. The maximum atomic E-state index is 10.2. The standard InChI is InChI=1S/C17H23N3O3.HI/c1-3-18-17(19-11-15-5-4-10-23-15)20-12-16(21)13-6-8-14(22-2)9-7-13;/h4-10,16,21H,3,11-12H2,1-2H3,(H2,18,19,20);1H. The van der Waals surface area contributed by atoms with Crippen molar-refractivity contribution in [2.75, 3.05) is 20.2 Å². The Hall–Kier alpha value is -1.74. The number of ether oxygens (including phenoxy) is 1. The molecular weight excluding hydrogens is 421 g/mol. The molecule has 1 unspecified atom stereocenters. The summed E-state index contributed by atoms with van der Waals surface area (Å²) in [6.45, 7) is 3.53. The number of nitrogens with one attached hydrogen (secondary N) is 2. The summed E-state index contributed by atoms with van der Waals surface area (Å²) < 4.78 is 10.4. The molecule has 24 heavy (non-hydrogen) atoms. The Morgan fingerprint density at radius 2 is 2.00 bits per heavy atom. The number of guanidine groups is 1. The van der Waals surface area contributed by atoms with Gasteiger partial charge in [-0.1, -0.05) is 12.1 Å². The first kappa shape index (κ1) is 20.3. The Bertz CT molecular complexity index is 600. The number of aliphatic imine (C=N–C) groups is 1. The number of furan rings is 1. The highest BCUT2D eigenvalue weighted by atomic mass is 127. The largest absolute Gasteiger partial charge is 0.497 e. The van der Waals surface area contributed by atoms with Crippen molar-refractivity contribution in [2.24, 2.45) is 4.99 Å². The molecule has 0 fully saturated rings. The fourth-order valence-electron chi connectivity index (χ4n) is 2.04. The molecule has 1 aromatic carbocycles. The van der Waals surface area contributed by atoms with Crippen molar-refractivity contribution < 1.29 is 14.3 Å². The molecule has 1 aromatic heterocycles. The Morgan fingerprint density at radius 3 is 2.58 bits per heavy atom. The van der Waals surface area contributed by atoms with Crippen molar-refractivity contribution in [3.63, 3.8) is 0 Å². The van der Waals surface area contributed by atoms with Crippen molar-refractivity contribution >= 4 is 29.9 Å². The molecule has 6 nitrogen and oxygen atoms in total. The van der Waals surface area contributed by atoms with Crippen molar-refractivity contribution in [1.29, 1.82) is 0 Å². The second kappa shape index (κ2) is 10.9. The van der Waals surface area contributed by atoms with Crippen LogP contribution in [0.5, 0.6) is 5.75 Å². The number of methoxy groups -OCH3 is 1. The van der Waals surface area contributed by atoms with Crippen LogP contribution in [0.2, 0.25) is 0 Å². The van der Waals surface area contributed by atoms with Gasteiger partial charge < -0.3 is 24.9 Å². The maximum absolute atomic E-state index is 10.2. The topological polar surface area (TPSA) is 79.0 Å². The normalized spacial score (nSPS) is 12.2. The van der Waals surface area contributed by atoms with Crippen LogP contribution in [0, 0.1) is 0 Å². The van der Waals surface area contributed by atoms with E-state index in [1.807, 2.05) is 43.3 Å². The minimum atomic E-state index is -0.631. The molecule has 0 aliphatic heterocycles. The molecule has 2 rings (SSSR count). The summed E-state index contributed by atoms with van der Waals surface area (Å²) >= 11 is 0. The molecule has 1 heterocycles. The van der Waals surface area contributed by atoms with Crippen molar-refractivity contribution in [2.45, 2.75) is 19.6 Å². The Labute approximate surface area is 159 Å². The van der Waals surface area contributed by atoms with Gasteiger partial charge in [-0.2, -0.15) is 0 Å². The summed E-state index contributed by atoms with van der Waals surface area (Å²) in [5.41, 5.74) is 0.820. The van der Waals surface area contributed by atoms with E-state index in [-0.39, 0.29) is 24.0 Å². The minimum absolute atomic E-state index is 0. The molecule has 0 aliphatic rings. The molecule has 0 radical (unpaired) electrons. The van der Waals surface area contributed by atoms with Gasteiger partial charge in [0.15, 0.2) is 5.96 Å². The summed E-state index contributed by atoms with van der Waals surface area (Å²) in [6.07, 6.45) is 0.993. The predicted molar refractivity (Wildman–Crippen MR) is 105 cm³/mol. The summed E-state index contributed by atoms with van der Waals surface area (Å²) in [5, 5.41) is 16.5. The van der Waals surface area contributed by atoms with Gasteiger partial charge in [0.2, 0.25) is 0 Å². The van der Waals surface area contributed by atoms with Gasteiger partial charge in [-0.3, -0.25) is 0 Å². The Balaban J connectivity index is 0.00000288. The Morgan fingerprint density at radius 1 is 1.25 bits per heavy atom. The van der Waals surface area contributed by atoms with Crippen molar-refractivity contribution in [1.82, 2.24) is 10.6 Å². The first-order valence-corrected chi connectivity index (χ1v) is 7.59. The van der Waals surface area contributed by atoms with Gasteiger partial charge in [-0.25, -0.2) is 4.99 Å². The summed E-state index contributed by atoms with van der Waals surface area (Å²) in [7, 11) is 1.62. The second-order valence-electron chi connectivity index (χ2n) is 4.94. The van der Waals surface area contributed by atoms with Crippen LogP contribution >= 0.6 is 24.0 Å². The zero-order chi connectivity index (χ0) is 16.5. The molecule has 0 bridgehead atoms. The minimum Gasteiger partial charge on any atom is -0.497 e. The van der Waals surface area contributed by atoms with Crippen LogP contribution in [0.25, 0.3) is 0 Å². The van der Waals surface area contributed by atoms with E-state index in [0.717, 1.165) is 23.6 Å². The average molecular weight is 445 g/mol. The third-order valence-corrected chi connectivity index (χ3v) is 3.28. The third kappa shape index (κ3) is 6.40. The monoisotopic (exact) mass is 445 g/mol. The van der Waals surface area contributed by atoms with Crippen LogP contribution in [0.4, 0.5) is 0 Å². The number of hydrogen-bond acceptors (Lipinski definition) is 4. The van der Waals surface area contributed by atoms with Crippen LogP contribution in [0.15, 0.2) is 52.1 Å². The van der Waals surface area contributed by atoms with Gasteiger partial charge in [-0.15, -0.1) is 24.0 Å². The van der Waals surface area contributed by atoms with E-state index >= 15 is 0 Å². The molecule has 0 saturated carbocycles. The highest BCUT2D eigenvalue weighted by Crippen LogP contribution is 2.16. The van der Waals surface area contributed by atoms with E-state index in [2.05, 4.69) is 15.6 Å². The second-order valence-corrected chi connectivity index (χ2v) is 4.94. The zero-order valence-electron chi connectivity index (χ0n) is 13.9. The number of hydrogen-bond donors (Lipinski definition) is 3. The number of benzene rings is 1. The van der Waals surface area contributed by atoms with E-state index in [4.69, 9.17) is 9.15 Å². The number of rotatable bonds is 7. The number of aliphatic hydroxyl groups excluding tert-OH is 1. The predicted octanol–water partition coefficient (Wildman–Crippen LogP) is 2.69. The average Bonchev–Trinajstić information content (AvgIpc) is 3.10. The van der Waals surface area contributed by atoms with Gasteiger partial charge in [0, 0.05) is 13.1 Å². The molecule has 1 atom stereocenters. The van der Waals surface area contributed by atoms with E-state index in [1.54, 1.807) is 13.4 Å². The molecule has 2 aromatic rings. The van der Waals surface area contributed by atoms with E-state index in [0.29, 0.717) is 19.0 Å². The lowest BCUT2D eigenvalue weighted by Gasteiger charge is -2.15. The fourth-order valence-corrected chi connectivity index (χ4v) is 2.04. The van der Waals surface area contributed by atoms with Crippen LogP contribution in [-0.4, -0.2) is 31.3 Å². The first-order chi connectivity index (χ1) is 11.2. The molecule has 132 valence electrons.